The van der Waals surface area contributed by atoms with Crippen LogP contribution in [0.3, 0.4) is 0 Å². The molecule has 0 aromatic carbocycles. The molecule has 0 aromatic rings. The van der Waals surface area contributed by atoms with Gasteiger partial charge < -0.3 is 11.5 Å². The van der Waals surface area contributed by atoms with Crippen LogP contribution in [-0.2, 0) is 0 Å². The summed E-state index contributed by atoms with van der Waals surface area (Å²) in [5, 5.41) is 0. The molecule has 0 radical (unpaired) electrons. The summed E-state index contributed by atoms with van der Waals surface area (Å²) in [4.78, 5) is 0. The second-order valence-electron chi connectivity index (χ2n) is 3.50. The van der Waals surface area contributed by atoms with Gasteiger partial charge in [0.1, 0.15) is 0 Å². The number of hydrogen-bond acceptors (Lipinski definition) is 2. The zero-order valence-electron chi connectivity index (χ0n) is 6.22. The Morgan fingerprint density at radius 2 is 2.11 bits per heavy atom. The summed E-state index contributed by atoms with van der Waals surface area (Å²) in [5.74, 6) is 0.484. The van der Waals surface area contributed by atoms with Gasteiger partial charge in [-0.2, -0.15) is 0 Å². The second-order valence-corrected chi connectivity index (χ2v) is 3.50. The largest absolute Gasteiger partial charge is 0.327 e. The van der Waals surface area contributed by atoms with Crippen molar-refractivity contribution in [2.45, 2.75) is 38.3 Å². The summed E-state index contributed by atoms with van der Waals surface area (Å²) in [5.41, 5.74) is 11.7. The highest BCUT2D eigenvalue weighted by atomic mass is 14.8. The first kappa shape index (κ1) is 7.03. The highest BCUT2D eigenvalue weighted by Gasteiger charge is 2.37. The fourth-order valence-corrected chi connectivity index (χ4v) is 1.44. The summed E-state index contributed by atoms with van der Waals surface area (Å²) in [6, 6.07) is 0.333. The molecular weight excluding hydrogens is 112 g/mol. The van der Waals surface area contributed by atoms with Crippen molar-refractivity contribution in [1.82, 2.24) is 0 Å². The first-order valence-electron chi connectivity index (χ1n) is 3.58. The molecule has 1 aliphatic carbocycles. The van der Waals surface area contributed by atoms with E-state index in [4.69, 9.17) is 11.5 Å². The van der Waals surface area contributed by atoms with Crippen LogP contribution in [0.5, 0.6) is 0 Å². The normalized spacial score (nSPS) is 52.0. The summed E-state index contributed by atoms with van der Waals surface area (Å²) in [6.45, 7) is 4.22. The third-order valence-electron chi connectivity index (χ3n) is 2.70. The van der Waals surface area contributed by atoms with Gasteiger partial charge in [-0.05, 0) is 25.7 Å². The molecule has 0 spiro atoms. The second kappa shape index (κ2) is 1.96. The molecule has 1 saturated carbocycles. The lowest BCUT2D eigenvalue weighted by molar-refractivity contribution is 0.352. The molecule has 3 atom stereocenters. The Labute approximate surface area is 56.6 Å². The van der Waals surface area contributed by atoms with Gasteiger partial charge in [0, 0.05) is 11.6 Å². The average molecular weight is 128 g/mol. The van der Waals surface area contributed by atoms with Gasteiger partial charge in [0.15, 0.2) is 0 Å². The average Bonchev–Trinajstić information content (AvgIpc) is 1.97. The van der Waals surface area contributed by atoms with Crippen LogP contribution in [0.2, 0.25) is 0 Å². The lowest BCUT2D eigenvalue weighted by Crippen LogP contribution is -2.43. The maximum Gasteiger partial charge on any atom is 0.0167 e. The maximum atomic E-state index is 5.93. The monoisotopic (exact) mass is 128 g/mol. The van der Waals surface area contributed by atoms with Crippen molar-refractivity contribution in [2.24, 2.45) is 17.4 Å². The Morgan fingerprint density at radius 3 is 2.22 bits per heavy atom. The van der Waals surface area contributed by atoms with E-state index < -0.39 is 0 Å². The molecule has 4 N–H and O–H groups in total. The maximum absolute atomic E-state index is 5.93. The molecule has 54 valence electrons. The van der Waals surface area contributed by atoms with Gasteiger partial charge in [-0.25, -0.2) is 0 Å². The van der Waals surface area contributed by atoms with Crippen LogP contribution in [0.4, 0.5) is 0 Å². The molecule has 1 aliphatic rings. The fraction of sp³-hybridized carbons (Fsp3) is 1.00. The van der Waals surface area contributed by atoms with Crippen molar-refractivity contribution < 1.29 is 0 Å². The minimum Gasteiger partial charge on any atom is -0.327 e. The van der Waals surface area contributed by atoms with E-state index in [0.717, 1.165) is 12.8 Å². The Kier molecular flexibility index (Phi) is 1.53. The van der Waals surface area contributed by atoms with Gasteiger partial charge in [0.25, 0.3) is 0 Å². The lowest BCUT2D eigenvalue weighted by atomic mass is 9.91. The van der Waals surface area contributed by atoms with E-state index in [1.54, 1.807) is 0 Å². The molecule has 9 heavy (non-hydrogen) atoms. The van der Waals surface area contributed by atoms with Crippen LogP contribution in [0, 0.1) is 5.92 Å². The quantitative estimate of drug-likeness (QED) is 0.498. The van der Waals surface area contributed by atoms with Crippen molar-refractivity contribution in [3.05, 3.63) is 0 Å². The minimum absolute atomic E-state index is 0.000579. The Bertz CT molecular complexity index is 109. The van der Waals surface area contributed by atoms with E-state index in [0.29, 0.717) is 12.0 Å². The smallest absolute Gasteiger partial charge is 0.0167 e. The standard InChI is InChI=1S/C7H16N2/c1-5-6(8)3-4-7(5,2)9/h5-6H,3-4,8-9H2,1-2H3. The van der Waals surface area contributed by atoms with Gasteiger partial charge in [-0.3, -0.25) is 0 Å². The highest BCUT2D eigenvalue weighted by Crippen LogP contribution is 2.31. The molecule has 2 heteroatoms. The molecule has 0 aliphatic heterocycles. The van der Waals surface area contributed by atoms with E-state index in [-0.39, 0.29) is 5.54 Å². The van der Waals surface area contributed by atoms with Crippen molar-refractivity contribution in [3.63, 3.8) is 0 Å². The minimum atomic E-state index is -0.000579. The van der Waals surface area contributed by atoms with E-state index in [1.807, 2.05) is 0 Å². The molecule has 1 fully saturated rings. The van der Waals surface area contributed by atoms with E-state index in [1.165, 1.54) is 0 Å². The predicted octanol–water partition coefficient (Wildman–Crippen LogP) is 0.461. The molecule has 0 aromatic heterocycles. The van der Waals surface area contributed by atoms with Gasteiger partial charge >= 0.3 is 0 Å². The first-order chi connectivity index (χ1) is 4.04. The number of hydrogen-bond donors (Lipinski definition) is 2. The van der Waals surface area contributed by atoms with Crippen LogP contribution in [0.15, 0.2) is 0 Å². The van der Waals surface area contributed by atoms with Gasteiger partial charge in [-0.15, -0.1) is 0 Å². The molecule has 0 saturated heterocycles. The van der Waals surface area contributed by atoms with E-state index >= 15 is 0 Å². The van der Waals surface area contributed by atoms with Crippen LogP contribution in [0.1, 0.15) is 26.7 Å². The third kappa shape index (κ3) is 1.10. The molecule has 0 amide bonds. The number of nitrogens with two attached hydrogens (primary N) is 2. The molecule has 0 heterocycles. The lowest BCUT2D eigenvalue weighted by Gasteiger charge is -2.24. The molecule has 2 nitrogen and oxygen atoms in total. The highest BCUT2D eigenvalue weighted by molar-refractivity contribution is 4.97. The Morgan fingerprint density at radius 1 is 1.56 bits per heavy atom. The van der Waals surface area contributed by atoms with Crippen molar-refractivity contribution in [1.29, 1.82) is 0 Å². The van der Waals surface area contributed by atoms with E-state index in [2.05, 4.69) is 13.8 Å². The van der Waals surface area contributed by atoms with Crippen molar-refractivity contribution >= 4 is 0 Å². The van der Waals surface area contributed by atoms with Crippen LogP contribution in [0.25, 0.3) is 0 Å². The van der Waals surface area contributed by atoms with Gasteiger partial charge in [-0.1, -0.05) is 6.92 Å². The van der Waals surface area contributed by atoms with E-state index in [9.17, 15) is 0 Å². The van der Waals surface area contributed by atoms with Crippen molar-refractivity contribution in [2.75, 3.05) is 0 Å². The first-order valence-corrected chi connectivity index (χ1v) is 3.58. The van der Waals surface area contributed by atoms with Crippen LogP contribution < -0.4 is 11.5 Å². The fourth-order valence-electron chi connectivity index (χ4n) is 1.44. The summed E-state index contributed by atoms with van der Waals surface area (Å²) >= 11 is 0. The summed E-state index contributed by atoms with van der Waals surface area (Å²) in [6.07, 6.45) is 2.17. The van der Waals surface area contributed by atoms with Crippen LogP contribution in [-0.4, -0.2) is 11.6 Å². The number of rotatable bonds is 0. The predicted molar refractivity (Wildman–Crippen MR) is 39.0 cm³/mol. The van der Waals surface area contributed by atoms with Crippen molar-refractivity contribution in [3.8, 4) is 0 Å². The summed E-state index contributed by atoms with van der Waals surface area (Å²) < 4.78 is 0. The molecular formula is C7H16N2. The van der Waals surface area contributed by atoms with Crippen LogP contribution >= 0.6 is 0 Å². The SMILES string of the molecule is CC1C(N)CCC1(C)N. The zero-order chi connectivity index (χ0) is 7.07. The Balaban J connectivity index is 2.62. The molecule has 0 bridgehead atoms. The Hall–Kier alpha value is -0.0800. The summed E-state index contributed by atoms with van der Waals surface area (Å²) in [7, 11) is 0. The third-order valence-corrected chi connectivity index (χ3v) is 2.70. The van der Waals surface area contributed by atoms with Gasteiger partial charge in [0.2, 0.25) is 0 Å². The topological polar surface area (TPSA) is 52.0 Å². The van der Waals surface area contributed by atoms with Gasteiger partial charge in [0.05, 0.1) is 0 Å². The zero-order valence-corrected chi connectivity index (χ0v) is 6.22. The molecule has 3 unspecified atom stereocenters. The molecule has 1 rings (SSSR count).